The molecule has 0 bridgehead atoms. The average molecular weight is 392 g/mol. The van der Waals surface area contributed by atoms with Crippen molar-refractivity contribution in [3.63, 3.8) is 0 Å². The molecule has 0 aromatic heterocycles. The zero-order valence-corrected chi connectivity index (χ0v) is 15.5. The molecule has 1 N–H and O–H groups in total. The minimum atomic E-state index is -0.149. The molecule has 3 heteroatoms. The molecule has 0 aliphatic carbocycles. The normalized spacial score (nSPS) is 11.1. The van der Waals surface area contributed by atoms with Crippen LogP contribution < -0.4 is 10.1 Å². The van der Waals surface area contributed by atoms with Crippen LogP contribution in [0.2, 0.25) is 0 Å². The van der Waals surface area contributed by atoms with Crippen molar-refractivity contribution in [3.05, 3.63) is 94.5 Å². The highest BCUT2D eigenvalue weighted by molar-refractivity contribution is 9.10. The van der Waals surface area contributed by atoms with E-state index in [4.69, 9.17) is 4.74 Å². The van der Waals surface area contributed by atoms with E-state index >= 15 is 0 Å². The average Bonchev–Trinajstić information content (AvgIpc) is 2.67. The van der Waals surface area contributed by atoms with Crippen LogP contribution in [0.1, 0.15) is 17.2 Å². The molecule has 0 radical (unpaired) electrons. The molecule has 0 saturated carbocycles. The van der Waals surface area contributed by atoms with Gasteiger partial charge in [0.05, 0.1) is 12.8 Å². The van der Waals surface area contributed by atoms with Gasteiger partial charge in [-0.15, -0.1) is 0 Å². The summed E-state index contributed by atoms with van der Waals surface area (Å²) in [5.74, 6) is 7.39. The Labute approximate surface area is 157 Å². The first-order valence-corrected chi connectivity index (χ1v) is 8.77. The quantitative estimate of drug-likeness (QED) is 0.579. The van der Waals surface area contributed by atoms with E-state index < -0.39 is 0 Å². The number of anilines is 1. The van der Waals surface area contributed by atoms with Crippen LogP contribution in [-0.4, -0.2) is 7.11 Å². The van der Waals surface area contributed by atoms with E-state index in [1.807, 2.05) is 66.7 Å². The Bertz CT molecular complexity index is 879. The fourth-order valence-electron chi connectivity index (χ4n) is 2.45. The maximum atomic E-state index is 5.45. The second kappa shape index (κ2) is 8.41. The summed E-state index contributed by atoms with van der Waals surface area (Å²) in [6.07, 6.45) is 0. The number of hydrogen-bond acceptors (Lipinski definition) is 2. The van der Waals surface area contributed by atoms with Crippen molar-refractivity contribution in [1.82, 2.24) is 0 Å². The van der Waals surface area contributed by atoms with Gasteiger partial charge in [-0.2, -0.15) is 0 Å². The highest BCUT2D eigenvalue weighted by atomic mass is 79.9. The first-order chi connectivity index (χ1) is 12.3. The first-order valence-electron chi connectivity index (χ1n) is 7.98. The van der Waals surface area contributed by atoms with Crippen molar-refractivity contribution in [3.8, 4) is 17.6 Å². The number of halogens is 1. The third-order valence-electron chi connectivity index (χ3n) is 3.74. The summed E-state index contributed by atoms with van der Waals surface area (Å²) in [6, 6.07) is 25.9. The highest BCUT2D eigenvalue weighted by Gasteiger charge is 2.11. The smallest absolute Gasteiger partial charge is 0.141 e. The van der Waals surface area contributed by atoms with Crippen molar-refractivity contribution in [1.29, 1.82) is 0 Å². The van der Waals surface area contributed by atoms with Gasteiger partial charge in [0.2, 0.25) is 0 Å². The van der Waals surface area contributed by atoms with E-state index in [0.717, 1.165) is 27.0 Å². The Balaban J connectivity index is 1.94. The summed E-state index contributed by atoms with van der Waals surface area (Å²) in [7, 11) is 1.67. The van der Waals surface area contributed by atoms with E-state index in [1.54, 1.807) is 7.11 Å². The molecule has 1 atom stereocenters. The number of methoxy groups -OCH3 is 1. The number of ether oxygens (including phenoxy) is 1. The van der Waals surface area contributed by atoms with Crippen LogP contribution >= 0.6 is 15.9 Å². The van der Waals surface area contributed by atoms with Crippen LogP contribution in [0.4, 0.5) is 5.69 Å². The largest absolute Gasteiger partial charge is 0.495 e. The molecule has 0 aliphatic rings. The molecule has 3 rings (SSSR count). The molecule has 0 heterocycles. The van der Waals surface area contributed by atoms with Gasteiger partial charge in [0, 0.05) is 10.0 Å². The van der Waals surface area contributed by atoms with E-state index in [-0.39, 0.29) is 6.04 Å². The molecule has 1 unspecified atom stereocenters. The van der Waals surface area contributed by atoms with Crippen molar-refractivity contribution in [2.75, 3.05) is 12.4 Å². The summed E-state index contributed by atoms with van der Waals surface area (Å²) < 4.78 is 6.49. The molecule has 25 heavy (non-hydrogen) atoms. The third kappa shape index (κ3) is 4.65. The Hall–Kier alpha value is -2.70. The van der Waals surface area contributed by atoms with Crippen LogP contribution in [0.15, 0.2) is 83.3 Å². The van der Waals surface area contributed by atoms with Crippen LogP contribution in [0, 0.1) is 11.8 Å². The molecule has 3 aromatic carbocycles. The lowest BCUT2D eigenvalue weighted by molar-refractivity contribution is 0.416. The Kier molecular flexibility index (Phi) is 5.77. The zero-order valence-electron chi connectivity index (χ0n) is 13.9. The summed E-state index contributed by atoms with van der Waals surface area (Å²) in [5, 5.41) is 3.49. The van der Waals surface area contributed by atoms with Gasteiger partial charge in [0.1, 0.15) is 11.8 Å². The molecule has 0 saturated heterocycles. The van der Waals surface area contributed by atoms with Gasteiger partial charge in [-0.25, -0.2) is 0 Å². The summed E-state index contributed by atoms with van der Waals surface area (Å²) >= 11 is 3.48. The Morgan fingerprint density at radius 1 is 0.880 bits per heavy atom. The molecule has 0 fully saturated rings. The van der Waals surface area contributed by atoms with Gasteiger partial charge >= 0.3 is 0 Å². The molecular weight excluding hydrogens is 374 g/mol. The third-order valence-corrected chi connectivity index (χ3v) is 4.27. The number of nitrogens with one attached hydrogen (secondary N) is 1. The maximum absolute atomic E-state index is 5.45. The number of para-hydroxylation sites is 2. The molecule has 2 nitrogen and oxygen atoms in total. The SMILES string of the molecule is COc1ccccc1NC(C#Cc1ccccc1)c1ccc(Br)cc1. The fraction of sp³-hybridized carbons (Fsp3) is 0.0909. The van der Waals surface area contributed by atoms with E-state index in [2.05, 4.69) is 45.2 Å². The molecule has 124 valence electrons. The first kappa shape index (κ1) is 17.1. The molecule has 0 aliphatic heterocycles. The second-order valence-electron chi connectivity index (χ2n) is 5.46. The van der Waals surface area contributed by atoms with Gasteiger partial charge in [-0.3, -0.25) is 0 Å². The molecular formula is C22H18BrNO. The fourth-order valence-corrected chi connectivity index (χ4v) is 2.72. The summed E-state index contributed by atoms with van der Waals surface area (Å²) in [6.45, 7) is 0. The lowest BCUT2D eigenvalue weighted by atomic mass is 10.1. The minimum absolute atomic E-state index is 0.149. The van der Waals surface area contributed by atoms with Gasteiger partial charge in [-0.05, 0) is 42.0 Å². The van der Waals surface area contributed by atoms with Gasteiger partial charge < -0.3 is 10.1 Å². The minimum Gasteiger partial charge on any atom is -0.495 e. The van der Waals surface area contributed by atoms with Gasteiger partial charge in [-0.1, -0.05) is 70.2 Å². The summed E-state index contributed by atoms with van der Waals surface area (Å²) in [4.78, 5) is 0. The topological polar surface area (TPSA) is 21.3 Å². The van der Waals surface area contributed by atoms with Crippen LogP contribution in [-0.2, 0) is 0 Å². The molecule has 0 spiro atoms. The predicted octanol–water partition coefficient (Wildman–Crippen LogP) is 5.66. The molecule has 0 amide bonds. The Morgan fingerprint density at radius 3 is 2.28 bits per heavy atom. The van der Waals surface area contributed by atoms with Crippen LogP contribution in [0.5, 0.6) is 5.75 Å². The predicted molar refractivity (Wildman–Crippen MR) is 107 cm³/mol. The number of benzene rings is 3. The monoisotopic (exact) mass is 391 g/mol. The van der Waals surface area contributed by atoms with E-state index in [9.17, 15) is 0 Å². The van der Waals surface area contributed by atoms with Gasteiger partial charge in [0.25, 0.3) is 0 Å². The van der Waals surface area contributed by atoms with Crippen molar-refractivity contribution in [2.24, 2.45) is 0 Å². The van der Waals surface area contributed by atoms with Crippen LogP contribution in [0.3, 0.4) is 0 Å². The lowest BCUT2D eigenvalue weighted by Crippen LogP contribution is -2.09. The van der Waals surface area contributed by atoms with Crippen molar-refractivity contribution < 1.29 is 4.74 Å². The standard InChI is InChI=1S/C22H18BrNO/c1-25-22-10-6-5-9-21(22)24-20(18-12-14-19(23)15-13-18)16-11-17-7-3-2-4-8-17/h2-10,12-15,20,24H,1H3. The summed E-state index contributed by atoms with van der Waals surface area (Å²) in [5.41, 5.74) is 3.00. The maximum Gasteiger partial charge on any atom is 0.141 e. The Morgan fingerprint density at radius 2 is 1.56 bits per heavy atom. The van der Waals surface area contributed by atoms with E-state index in [0.29, 0.717) is 0 Å². The van der Waals surface area contributed by atoms with Gasteiger partial charge in [0.15, 0.2) is 0 Å². The van der Waals surface area contributed by atoms with Crippen molar-refractivity contribution >= 4 is 21.6 Å². The van der Waals surface area contributed by atoms with Crippen LogP contribution in [0.25, 0.3) is 0 Å². The highest BCUT2D eigenvalue weighted by Crippen LogP contribution is 2.28. The second-order valence-corrected chi connectivity index (χ2v) is 6.38. The lowest BCUT2D eigenvalue weighted by Gasteiger charge is -2.17. The number of hydrogen-bond donors (Lipinski definition) is 1. The molecule has 3 aromatic rings. The number of rotatable bonds is 4. The van der Waals surface area contributed by atoms with Crippen molar-refractivity contribution in [2.45, 2.75) is 6.04 Å². The van der Waals surface area contributed by atoms with E-state index in [1.165, 1.54) is 0 Å². The zero-order chi connectivity index (χ0) is 17.5.